The van der Waals surface area contributed by atoms with E-state index in [-0.39, 0.29) is 28.8 Å². The maximum Gasteiger partial charge on any atom is 0.256 e. The van der Waals surface area contributed by atoms with Gasteiger partial charge in [0.05, 0.1) is 52.7 Å². The maximum absolute atomic E-state index is 14.5. The fourth-order valence-corrected chi connectivity index (χ4v) is 6.43. The Bertz CT molecular complexity index is 1600. The second kappa shape index (κ2) is 9.29. The summed E-state index contributed by atoms with van der Waals surface area (Å²) in [4.78, 5) is 18.3. The van der Waals surface area contributed by atoms with Gasteiger partial charge in [-0.3, -0.25) is 4.79 Å². The molecule has 3 heterocycles. The lowest BCUT2D eigenvalue weighted by Crippen LogP contribution is -2.15. The highest BCUT2D eigenvalue weighted by atomic mass is 79.9. The normalized spacial score (nSPS) is 16.8. The molecule has 0 aliphatic carbocycles. The number of aryl methyl sites for hydroxylation is 1. The monoisotopic (exact) mass is 572 g/mol. The summed E-state index contributed by atoms with van der Waals surface area (Å²) in [6, 6.07) is 12.8. The average Bonchev–Trinajstić information content (AvgIpc) is 3.38. The van der Waals surface area contributed by atoms with E-state index < -0.39 is 21.6 Å². The van der Waals surface area contributed by atoms with Gasteiger partial charge in [0, 0.05) is 10.0 Å². The van der Waals surface area contributed by atoms with Gasteiger partial charge < -0.3 is 10.1 Å². The molecule has 1 aliphatic heterocycles. The number of hydrogen-bond donors (Lipinski definition) is 1. The van der Waals surface area contributed by atoms with E-state index in [2.05, 4.69) is 26.3 Å². The van der Waals surface area contributed by atoms with E-state index in [1.165, 1.54) is 12.1 Å². The standard InChI is InChI=1S/C25H22BrFN4O4S/c1-14-23-19(25(32)29-21-8-5-16(26)11-20(21)27)12-22(15-3-6-18(35-2)7-4-15)28-24(23)31(30-14)17-9-10-36(33,34)13-17/h3-8,11-12,17H,9-10,13H2,1-2H3,(H,29,32). The van der Waals surface area contributed by atoms with Gasteiger partial charge in [0.1, 0.15) is 11.6 Å². The van der Waals surface area contributed by atoms with Crippen LogP contribution in [0.4, 0.5) is 10.1 Å². The molecule has 1 atom stereocenters. The summed E-state index contributed by atoms with van der Waals surface area (Å²) in [6.45, 7) is 1.74. The minimum absolute atomic E-state index is 0.0334. The molecule has 11 heteroatoms. The molecule has 36 heavy (non-hydrogen) atoms. The van der Waals surface area contributed by atoms with Gasteiger partial charge in [0.25, 0.3) is 5.91 Å². The van der Waals surface area contributed by atoms with Crippen LogP contribution in [0.25, 0.3) is 22.3 Å². The Morgan fingerprint density at radius 1 is 1.19 bits per heavy atom. The van der Waals surface area contributed by atoms with Crippen molar-refractivity contribution in [3.63, 3.8) is 0 Å². The largest absolute Gasteiger partial charge is 0.497 e. The van der Waals surface area contributed by atoms with Gasteiger partial charge >= 0.3 is 0 Å². The Morgan fingerprint density at radius 3 is 2.58 bits per heavy atom. The summed E-state index contributed by atoms with van der Waals surface area (Å²) in [5.74, 6) is -0.405. The van der Waals surface area contributed by atoms with Gasteiger partial charge in [0.2, 0.25) is 0 Å². The predicted octanol–water partition coefficient (Wildman–Crippen LogP) is 4.93. The van der Waals surface area contributed by atoms with Crippen LogP contribution in [0.5, 0.6) is 5.75 Å². The van der Waals surface area contributed by atoms with Gasteiger partial charge in [-0.1, -0.05) is 15.9 Å². The van der Waals surface area contributed by atoms with E-state index in [4.69, 9.17) is 9.72 Å². The molecule has 1 fully saturated rings. The molecule has 2 aromatic carbocycles. The van der Waals surface area contributed by atoms with Gasteiger partial charge in [0.15, 0.2) is 15.5 Å². The van der Waals surface area contributed by atoms with Crippen LogP contribution in [0.15, 0.2) is 53.0 Å². The Kier molecular flexibility index (Phi) is 6.29. The van der Waals surface area contributed by atoms with Crippen molar-refractivity contribution in [2.75, 3.05) is 23.9 Å². The third-order valence-corrected chi connectivity index (χ3v) is 8.44. The molecule has 0 radical (unpaired) electrons. The number of methoxy groups -OCH3 is 1. The number of fused-ring (bicyclic) bond motifs is 1. The van der Waals surface area contributed by atoms with E-state index in [1.54, 1.807) is 43.0 Å². The van der Waals surface area contributed by atoms with Crippen molar-refractivity contribution < 1.29 is 22.3 Å². The Balaban J connectivity index is 1.67. The van der Waals surface area contributed by atoms with E-state index in [0.29, 0.717) is 39.1 Å². The highest BCUT2D eigenvalue weighted by Gasteiger charge is 2.32. The molecule has 2 aromatic heterocycles. The van der Waals surface area contributed by atoms with E-state index in [1.807, 2.05) is 12.1 Å². The van der Waals surface area contributed by atoms with Crippen LogP contribution in [0.3, 0.4) is 0 Å². The minimum Gasteiger partial charge on any atom is -0.497 e. The zero-order chi connectivity index (χ0) is 25.6. The van der Waals surface area contributed by atoms with Crippen LogP contribution in [0.1, 0.15) is 28.5 Å². The molecule has 4 aromatic rings. The minimum atomic E-state index is -3.18. The van der Waals surface area contributed by atoms with Gasteiger partial charge in [-0.05, 0) is 61.9 Å². The molecule has 186 valence electrons. The lowest BCUT2D eigenvalue weighted by atomic mass is 10.0. The van der Waals surface area contributed by atoms with Crippen LogP contribution in [-0.2, 0) is 9.84 Å². The summed E-state index contributed by atoms with van der Waals surface area (Å²) >= 11 is 3.21. The third kappa shape index (κ3) is 4.60. The lowest BCUT2D eigenvalue weighted by molar-refractivity contribution is 0.102. The average molecular weight is 573 g/mol. The van der Waals surface area contributed by atoms with Crippen molar-refractivity contribution in [3.8, 4) is 17.0 Å². The van der Waals surface area contributed by atoms with E-state index in [0.717, 1.165) is 5.56 Å². The molecule has 1 N–H and O–H groups in total. The number of carbonyl (C=O) groups excluding carboxylic acids is 1. The smallest absolute Gasteiger partial charge is 0.256 e. The van der Waals surface area contributed by atoms with Gasteiger partial charge in [-0.25, -0.2) is 22.5 Å². The first kappa shape index (κ1) is 24.4. The SMILES string of the molecule is COc1ccc(-c2cc(C(=O)Nc3ccc(Br)cc3F)c3c(C)nn(C4CCS(=O)(=O)C4)c3n2)cc1. The molecule has 1 saturated heterocycles. The van der Waals surface area contributed by atoms with Crippen LogP contribution in [-0.4, -0.2) is 47.7 Å². The van der Waals surface area contributed by atoms with Crippen molar-refractivity contribution >= 4 is 48.4 Å². The molecule has 0 spiro atoms. The first-order valence-electron chi connectivity index (χ1n) is 11.2. The zero-order valence-electron chi connectivity index (χ0n) is 19.5. The number of nitrogens with zero attached hydrogens (tertiary/aromatic N) is 3. The summed E-state index contributed by atoms with van der Waals surface area (Å²) in [5, 5.41) is 7.73. The fraction of sp³-hybridized carbons (Fsp3) is 0.240. The Hall–Kier alpha value is -3.31. The van der Waals surface area contributed by atoms with Gasteiger partial charge in [-0.15, -0.1) is 0 Å². The van der Waals surface area contributed by atoms with Crippen molar-refractivity contribution in [2.45, 2.75) is 19.4 Å². The number of sulfone groups is 1. The number of rotatable bonds is 5. The van der Waals surface area contributed by atoms with Crippen LogP contribution in [0, 0.1) is 12.7 Å². The number of benzene rings is 2. The number of hydrogen-bond acceptors (Lipinski definition) is 6. The Labute approximate surface area is 215 Å². The van der Waals surface area contributed by atoms with Crippen molar-refractivity contribution in [2.24, 2.45) is 0 Å². The number of aromatic nitrogens is 3. The second-order valence-corrected chi connectivity index (χ2v) is 11.8. The van der Waals surface area contributed by atoms with Crippen LogP contribution >= 0.6 is 15.9 Å². The summed E-state index contributed by atoms with van der Waals surface area (Å²) in [5.41, 5.74) is 2.46. The molecule has 1 amide bonds. The molecular formula is C25H22BrFN4O4S. The molecule has 1 aliphatic rings. The molecule has 8 nitrogen and oxygen atoms in total. The van der Waals surface area contributed by atoms with Crippen molar-refractivity contribution in [3.05, 3.63) is 70.1 Å². The number of ether oxygens (including phenoxy) is 1. The molecule has 0 bridgehead atoms. The first-order chi connectivity index (χ1) is 17.1. The van der Waals surface area contributed by atoms with Crippen LogP contribution in [0.2, 0.25) is 0 Å². The number of amides is 1. The highest BCUT2D eigenvalue weighted by Crippen LogP contribution is 2.33. The predicted molar refractivity (Wildman–Crippen MR) is 139 cm³/mol. The van der Waals surface area contributed by atoms with E-state index >= 15 is 0 Å². The number of anilines is 1. The summed E-state index contributed by atoms with van der Waals surface area (Å²) < 4.78 is 46.2. The first-order valence-corrected chi connectivity index (χ1v) is 13.8. The number of halogens is 2. The maximum atomic E-state index is 14.5. The zero-order valence-corrected chi connectivity index (χ0v) is 21.9. The van der Waals surface area contributed by atoms with Crippen molar-refractivity contribution in [1.82, 2.24) is 14.8 Å². The highest BCUT2D eigenvalue weighted by molar-refractivity contribution is 9.10. The number of pyridine rings is 1. The van der Waals surface area contributed by atoms with Crippen LogP contribution < -0.4 is 10.1 Å². The molecule has 0 saturated carbocycles. The lowest BCUT2D eigenvalue weighted by Gasteiger charge is -2.13. The fourth-order valence-electron chi connectivity index (χ4n) is 4.41. The topological polar surface area (TPSA) is 103 Å². The summed E-state index contributed by atoms with van der Waals surface area (Å²) in [6.07, 6.45) is 0.415. The molecular weight excluding hydrogens is 551 g/mol. The second-order valence-electron chi connectivity index (χ2n) is 8.65. The number of carbonyl (C=O) groups is 1. The van der Waals surface area contributed by atoms with Gasteiger partial charge in [-0.2, -0.15) is 5.10 Å². The van der Waals surface area contributed by atoms with Crippen molar-refractivity contribution in [1.29, 1.82) is 0 Å². The molecule has 5 rings (SSSR count). The number of nitrogens with one attached hydrogen (secondary N) is 1. The Morgan fingerprint density at radius 2 is 1.94 bits per heavy atom. The van der Waals surface area contributed by atoms with E-state index in [9.17, 15) is 17.6 Å². The third-order valence-electron chi connectivity index (χ3n) is 6.20. The molecule has 1 unspecified atom stereocenters. The quantitative estimate of drug-likeness (QED) is 0.363. The summed E-state index contributed by atoms with van der Waals surface area (Å²) in [7, 11) is -1.61.